The lowest BCUT2D eigenvalue weighted by atomic mass is 10.1. The number of carboxylic acid groups (broad SMARTS) is 1. The largest absolute Gasteiger partial charge is 0.550 e. The first-order valence-corrected chi connectivity index (χ1v) is 6.43. The van der Waals surface area contributed by atoms with Crippen LogP contribution in [0.5, 0.6) is 5.75 Å². The van der Waals surface area contributed by atoms with Crippen molar-refractivity contribution in [1.29, 1.82) is 0 Å². The van der Waals surface area contributed by atoms with Gasteiger partial charge in [-0.2, -0.15) is 5.10 Å². The van der Waals surface area contributed by atoms with Crippen molar-refractivity contribution in [3.63, 3.8) is 0 Å². The van der Waals surface area contributed by atoms with Crippen molar-refractivity contribution in [2.24, 2.45) is 0 Å². The summed E-state index contributed by atoms with van der Waals surface area (Å²) in [5.74, 6) is -0.381. The Morgan fingerprint density at radius 2 is 2.21 bits per heavy atom. The number of benzene rings is 1. The molecule has 100 valence electrons. The number of nitrogens with one attached hydrogen (secondary N) is 1. The van der Waals surface area contributed by atoms with Crippen molar-refractivity contribution in [3.05, 3.63) is 36.2 Å². The van der Waals surface area contributed by atoms with E-state index in [-0.39, 0.29) is 11.7 Å². The molecule has 1 aromatic heterocycles. The second kappa shape index (κ2) is 6.24. The van der Waals surface area contributed by atoms with Crippen LogP contribution in [0.1, 0.15) is 17.2 Å². The Morgan fingerprint density at radius 1 is 1.47 bits per heavy atom. The fourth-order valence-electron chi connectivity index (χ4n) is 1.58. The lowest BCUT2D eigenvalue weighted by Gasteiger charge is -2.16. The first-order chi connectivity index (χ1) is 9.19. The van der Waals surface area contributed by atoms with Crippen molar-refractivity contribution in [2.75, 3.05) is 7.11 Å². The molecular formula is C12H12N3O3S-. The fourth-order valence-corrected chi connectivity index (χ4v) is 2.58. The van der Waals surface area contributed by atoms with Gasteiger partial charge >= 0.3 is 0 Å². The number of carbonyl (C=O) groups is 1. The van der Waals surface area contributed by atoms with Crippen LogP contribution < -0.4 is 9.84 Å². The summed E-state index contributed by atoms with van der Waals surface area (Å²) in [5.41, 5.74) is 0.867. The number of rotatable bonds is 6. The molecular weight excluding hydrogens is 266 g/mol. The van der Waals surface area contributed by atoms with Gasteiger partial charge in [-0.25, -0.2) is 4.98 Å². The molecule has 0 spiro atoms. The predicted octanol–water partition coefficient (Wildman–Crippen LogP) is 0.787. The molecule has 0 aliphatic rings. The van der Waals surface area contributed by atoms with Gasteiger partial charge in [0.25, 0.3) is 0 Å². The average Bonchev–Trinajstić information content (AvgIpc) is 2.90. The van der Waals surface area contributed by atoms with Gasteiger partial charge in [-0.05, 0) is 17.7 Å². The second-order valence-electron chi connectivity index (χ2n) is 3.75. The average molecular weight is 278 g/mol. The smallest absolute Gasteiger partial charge is 0.183 e. The van der Waals surface area contributed by atoms with Gasteiger partial charge in [-0.3, -0.25) is 5.10 Å². The first kappa shape index (κ1) is 13.4. The molecule has 2 aromatic rings. The normalized spacial score (nSPS) is 12.1. The number of nitrogens with zero attached hydrogens (tertiary/aromatic N) is 2. The lowest BCUT2D eigenvalue weighted by Crippen LogP contribution is -2.23. The molecule has 2 rings (SSSR count). The number of carbonyl (C=O) groups excluding carboxylic acids is 1. The van der Waals surface area contributed by atoms with Gasteiger partial charge in [-0.15, -0.1) is 0 Å². The van der Waals surface area contributed by atoms with E-state index < -0.39 is 5.97 Å². The quantitative estimate of drug-likeness (QED) is 0.785. The number of ether oxygens (including phenoxy) is 1. The number of methoxy groups -OCH3 is 1. The summed E-state index contributed by atoms with van der Waals surface area (Å²) >= 11 is 1.30. The Hall–Kier alpha value is -2.02. The highest BCUT2D eigenvalue weighted by atomic mass is 32.2. The molecule has 0 aliphatic heterocycles. The Bertz CT molecular complexity index is 528. The number of aromatic amines is 1. The van der Waals surface area contributed by atoms with E-state index in [0.29, 0.717) is 5.16 Å². The molecule has 0 saturated carbocycles. The zero-order chi connectivity index (χ0) is 13.7. The number of hydrogen-bond donors (Lipinski definition) is 1. The molecule has 1 N–H and O–H groups in total. The van der Waals surface area contributed by atoms with E-state index in [2.05, 4.69) is 15.2 Å². The predicted molar refractivity (Wildman–Crippen MR) is 67.6 cm³/mol. The maximum atomic E-state index is 10.8. The summed E-state index contributed by atoms with van der Waals surface area (Å²) in [6.07, 6.45) is 1.28. The van der Waals surface area contributed by atoms with Crippen LogP contribution in [0.15, 0.2) is 35.7 Å². The minimum Gasteiger partial charge on any atom is -0.550 e. The van der Waals surface area contributed by atoms with Gasteiger partial charge in [-0.1, -0.05) is 23.9 Å². The molecule has 7 heteroatoms. The molecule has 0 fully saturated rings. The summed E-state index contributed by atoms with van der Waals surface area (Å²) in [4.78, 5) is 14.8. The summed E-state index contributed by atoms with van der Waals surface area (Å²) < 4.78 is 5.07. The molecule has 0 radical (unpaired) electrons. The number of hydrogen-bond acceptors (Lipinski definition) is 6. The first-order valence-electron chi connectivity index (χ1n) is 5.55. The Kier molecular flexibility index (Phi) is 4.40. The molecule has 6 nitrogen and oxygen atoms in total. The molecule has 1 atom stereocenters. The van der Waals surface area contributed by atoms with Crippen molar-refractivity contribution >= 4 is 17.7 Å². The third kappa shape index (κ3) is 3.72. The zero-order valence-electron chi connectivity index (χ0n) is 10.2. The Morgan fingerprint density at radius 3 is 2.74 bits per heavy atom. The van der Waals surface area contributed by atoms with E-state index >= 15 is 0 Å². The molecule has 1 heterocycles. The molecule has 0 bridgehead atoms. The van der Waals surface area contributed by atoms with Crippen LogP contribution in [-0.2, 0) is 4.79 Å². The summed E-state index contributed by atoms with van der Waals surface area (Å²) in [7, 11) is 1.58. The molecule has 0 amide bonds. The van der Waals surface area contributed by atoms with Crippen LogP contribution in [0.3, 0.4) is 0 Å². The maximum Gasteiger partial charge on any atom is 0.183 e. The van der Waals surface area contributed by atoms with Gasteiger partial charge < -0.3 is 14.6 Å². The van der Waals surface area contributed by atoms with Crippen LogP contribution in [0.25, 0.3) is 0 Å². The molecule has 1 aromatic carbocycles. The van der Waals surface area contributed by atoms with E-state index in [9.17, 15) is 9.90 Å². The Balaban J connectivity index is 2.17. The highest BCUT2D eigenvalue weighted by molar-refractivity contribution is 7.99. The van der Waals surface area contributed by atoms with Gasteiger partial charge in [0.2, 0.25) is 0 Å². The zero-order valence-corrected chi connectivity index (χ0v) is 11.0. The summed E-state index contributed by atoms with van der Waals surface area (Å²) in [5, 5.41) is 17.6. The fraction of sp³-hybridized carbons (Fsp3) is 0.250. The van der Waals surface area contributed by atoms with Gasteiger partial charge in [0.1, 0.15) is 12.1 Å². The summed E-state index contributed by atoms with van der Waals surface area (Å²) in [6.45, 7) is 0. The topological polar surface area (TPSA) is 90.9 Å². The van der Waals surface area contributed by atoms with Crippen LogP contribution in [-0.4, -0.2) is 28.3 Å². The van der Waals surface area contributed by atoms with Crippen LogP contribution in [0, 0.1) is 0 Å². The highest BCUT2D eigenvalue weighted by Gasteiger charge is 2.15. The number of H-pyrrole nitrogens is 1. The number of carboxylic acids is 1. The molecule has 19 heavy (non-hydrogen) atoms. The number of aliphatic carboxylic acids is 1. The minimum absolute atomic E-state index is 0.0995. The standard InChI is InChI=1S/C12H13N3O3S/c1-18-9-4-2-8(3-5-9)10(6-11(16)17)19-12-13-7-14-15-12/h2-5,7,10H,6H2,1H3,(H,16,17)(H,13,14,15)/p-1/t10-/m0/s1. The third-order valence-corrected chi connectivity index (χ3v) is 3.63. The van der Waals surface area contributed by atoms with Crippen molar-refractivity contribution in [1.82, 2.24) is 15.2 Å². The molecule has 0 aliphatic carbocycles. The number of aromatic nitrogens is 3. The Labute approximate surface area is 114 Å². The minimum atomic E-state index is -1.10. The summed E-state index contributed by atoms with van der Waals surface area (Å²) in [6, 6.07) is 7.24. The van der Waals surface area contributed by atoms with E-state index in [0.717, 1.165) is 11.3 Å². The van der Waals surface area contributed by atoms with E-state index in [1.54, 1.807) is 19.2 Å². The highest BCUT2D eigenvalue weighted by Crippen LogP contribution is 2.36. The van der Waals surface area contributed by atoms with Crippen molar-refractivity contribution in [2.45, 2.75) is 16.8 Å². The SMILES string of the molecule is COc1ccc([C@H](CC(=O)[O-])Sc2ncn[nH]2)cc1. The monoisotopic (exact) mass is 278 g/mol. The molecule has 0 saturated heterocycles. The van der Waals surface area contributed by atoms with Gasteiger partial charge in [0.15, 0.2) is 5.16 Å². The van der Waals surface area contributed by atoms with Crippen LogP contribution in [0.2, 0.25) is 0 Å². The number of thioether (sulfide) groups is 1. The van der Waals surface area contributed by atoms with Crippen molar-refractivity contribution in [3.8, 4) is 5.75 Å². The van der Waals surface area contributed by atoms with Crippen molar-refractivity contribution < 1.29 is 14.6 Å². The van der Waals surface area contributed by atoms with Crippen LogP contribution in [0.4, 0.5) is 0 Å². The van der Waals surface area contributed by atoms with E-state index in [1.807, 2.05) is 12.1 Å². The maximum absolute atomic E-state index is 10.8. The van der Waals surface area contributed by atoms with Gasteiger partial charge in [0.05, 0.1) is 7.11 Å². The van der Waals surface area contributed by atoms with E-state index in [4.69, 9.17) is 4.74 Å². The van der Waals surface area contributed by atoms with Crippen LogP contribution >= 0.6 is 11.8 Å². The third-order valence-electron chi connectivity index (χ3n) is 2.49. The molecule has 0 unspecified atom stereocenters. The second-order valence-corrected chi connectivity index (χ2v) is 4.94. The lowest BCUT2D eigenvalue weighted by molar-refractivity contribution is -0.305. The van der Waals surface area contributed by atoms with E-state index in [1.165, 1.54) is 18.1 Å². The van der Waals surface area contributed by atoms with Gasteiger partial charge in [0, 0.05) is 17.6 Å².